The van der Waals surface area contributed by atoms with Crippen LogP contribution in [0.2, 0.25) is 0 Å². The summed E-state index contributed by atoms with van der Waals surface area (Å²) < 4.78 is 27.7. The van der Waals surface area contributed by atoms with Gasteiger partial charge in [-0.05, 0) is 44.7 Å². The first-order valence-corrected chi connectivity index (χ1v) is 10.00. The van der Waals surface area contributed by atoms with Gasteiger partial charge in [-0.15, -0.1) is 11.3 Å². The molecule has 0 saturated heterocycles. The van der Waals surface area contributed by atoms with Crippen molar-refractivity contribution in [2.45, 2.75) is 69.8 Å². The highest BCUT2D eigenvalue weighted by Crippen LogP contribution is 2.30. The lowest BCUT2D eigenvalue weighted by atomic mass is 10.3. The fraction of sp³-hybridized carbons (Fsp3) is 0.733. The van der Waals surface area contributed by atoms with Gasteiger partial charge in [0.25, 0.3) is 10.0 Å². The Morgan fingerprint density at radius 1 is 1.43 bits per heavy atom. The molecule has 0 bridgehead atoms. The maximum atomic E-state index is 12.8. The minimum absolute atomic E-state index is 0.0374. The van der Waals surface area contributed by atoms with E-state index in [0.717, 1.165) is 23.4 Å². The SMILES string of the molecule is CCC(C)N(CC)S(=O)(=O)c1cc(C)c(CNC2CC2)s1. The number of hydrogen-bond acceptors (Lipinski definition) is 4. The predicted octanol–water partition coefficient (Wildman–Crippen LogP) is 3.12. The molecule has 1 aliphatic carbocycles. The zero-order chi connectivity index (χ0) is 15.6. The number of rotatable bonds is 8. The molecule has 1 aliphatic rings. The van der Waals surface area contributed by atoms with Crippen LogP contribution in [0.3, 0.4) is 0 Å². The van der Waals surface area contributed by atoms with Crippen molar-refractivity contribution in [3.63, 3.8) is 0 Å². The molecule has 1 saturated carbocycles. The Bertz CT molecular complexity index is 576. The lowest BCUT2D eigenvalue weighted by Gasteiger charge is -2.25. The van der Waals surface area contributed by atoms with Crippen molar-refractivity contribution in [1.29, 1.82) is 0 Å². The van der Waals surface area contributed by atoms with Crippen LogP contribution in [-0.2, 0) is 16.6 Å². The topological polar surface area (TPSA) is 49.4 Å². The molecule has 0 spiro atoms. The van der Waals surface area contributed by atoms with Crippen LogP contribution < -0.4 is 5.32 Å². The van der Waals surface area contributed by atoms with Gasteiger partial charge in [0, 0.05) is 30.1 Å². The monoisotopic (exact) mass is 330 g/mol. The Morgan fingerprint density at radius 2 is 2.10 bits per heavy atom. The number of hydrogen-bond donors (Lipinski definition) is 1. The molecule has 4 nitrogen and oxygen atoms in total. The van der Waals surface area contributed by atoms with Crippen molar-refractivity contribution in [1.82, 2.24) is 9.62 Å². The van der Waals surface area contributed by atoms with Crippen molar-refractivity contribution in [3.8, 4) is 0 Å². The predicted molar refractivity (Wildman–Crippen MR) is 88.2 cm³/mol. The molecule has 1 aromatic rings. The first-order chi connectivity index (χ1) is 9.90. The standard InChI is InChI=1S/C15H26N2O2S2/c1-5-12(4)17(6-2)21(18,19)15-9-11(3)14(20-15)10-16-13-7-8-13/h9,12-13,16H,5-8,10H2,1-4H3. The van der Waals surface area contributed by atoms with Gasteiger partial charge >= 0.3 is 0 Å². The second-order valence-corrected chi connectivity index (χ2v) is 9.05. The van der Waals surface area contributed by atoms with Gasteiger partial charge in [0.05, 0.1) is 0 Å². The average molecular weight is 331 g/mol. The third-order valence-electron chi connectivity index (χ3n) is 4.08. The van der Waals surface area contributed by atoms with E-state index >= 15 is 0 Å². The van der Waals surface area contributed by atoms with E-state index in [1.165, 1.54) is 24.2 Å². The molecular weight excluding hydrogens is 304 g/mol. The third kappa shape index (κ3) is 3.86. The van der Waals surface area contributed by atoms with Gasteiger partial charge in [0.15, 0.2) is 0 Å². The van der Waals surface area contributed by atoms with Gasteiger partial charge in [-0.3, -0.25) is 0 Å². The summed E-state index contributed by atoms with van der Waals surface area (Å²) in [5.41, 5.74) is 1.08. The van der Waals surface area contributed by atoms with Crippen molar-refractivity contribution in [2.24, 2.45) is 0 Å². The molecular formula is C15H26N2O2S2. The highest BCUT2D eigenvalue weighted by atomic mass is 32.2. The van der Waals surface area contributed by atoms with Crippen LogP contribution in [0.25, 0.3) is 0 Å². The smallest absolute Gasteiger partial charge is 0.252 e. The van der Waals surface area contributed by atoms with Crippen LogP contribution in [0, 0.1) is 6.92 Å². The molecule has 0 aromatic carbocycles. The van der Waals surface area contributed by atoms with Crippen LogP contribution in [0.4, 0.5) is 0 Å². The summed E-state index contributed by atoms with van der Waals surface area (Å²) in [7, 11) is -3.36. The summed E-state index contributed by atoms with van der Waals surface area (Å²) in [5.74, 6) is 0. The van der Waals surface area contributed by atoms with E-state index in [4.69, 9.17) is 0 Å². The van der Waals surface area contributed by atoms with Gasteiger partial charge in [-0.1, -0.05) is 13.8 Å². The first kappa shape index (κ1) is 16.9. The normalized spacial score (nSPS) is 17.4. The van der Waals surface area contributed by atoms with E-state index in [9.17, 15) is 8.42 Å². The quantitative estimate of drug-likeness (QED) is 0.797. The van der Waals surface area contributed by atoms with Gasteiger partial charge in [-0.25, -0.2) is 8.42 Å². The van der Waals surface area contributed by atoms with E-state index in [1.54, 1.807) is 4.31 Å². The van der Waals surface area contributed by atoms with E-state index in [1.807, 2.05) is 33.8 Å². The van der Waals surface area contributed by atoms with E-state index < -0.39 is 10.0 Å². The van der Waals surface area contributed by atoms with Crippen molar-refractivity contribution < 1.29 is 8.42 Å². The molecule has 1 N–H and O–H groups in total. The number of thiophene rings is 1. The second-order valence-electron chi connectivity index (χ2n) is 5.79. The fourth-order valence-corrected chi connectivity index (χ4v) is 5.74. The number of sulfonamides is 1. The van der Waals surface area contributed by atoms with Crippen LogP contribution in [0.15, 0.2) is 10.3 Å². The van der Waals surface area contributed by atoms with Crippen LogP contribution in [0.1, 0.15) is 50.5 Å². The minimum Gasteiger partial charge on any atom is -0.309 e. The maximum Gasteiger partial charge on any atom is 0.252 e. The molecule has 0 aliphatic heterocycles. The highest BCUT2D eigenvalue weighted by Gasteiger charge is 2.29. The van der Waals surface area contributed by atoms with E-state index in [2.05, 4.69) is 5.32 Å². The molecule has 0 radical (unpaired) electrons. The van der Waals surface area contributed by atoms with Gasteiger partial charge < -0.3 is 5.32 Å². The summed E-state index contributed by atoms with van der Waals surface area (Å²) in [6, 6.07) is 2.50. The number of nitrogens with zero attached hydrogens (tertiary/aromatic N) is 1. The van der Waals surface area contributed by atoms with Crippen molar-refractivity contribution in [2.75, 3.05) is 6.54 Å². The van der Waals surface area contributed by atoms with Crippen LogP contribution in [-0.4, -0.2) is 31.4 Å². The Kier molecular flexibility index (Phi) is 5.46. The summed E-state index contributed by atoms with van der Waals surface area (Å²) in [5, 5.41) is 3.46. The molecule has 6 heteroatoms. The third-order valence-corrected chi connectivity index (χ3v) is 7.86. The van der Waals surface area contributed by atoms with Gasteiger partial charge in [-0.2, -0.15) is 4.31 Å². The van der Waals surface area contributed by atoms with E-state index in [-0.39, 0.29) is 6.04 Å². The molecule has 1 unspecified atom stereocenters. The highest BCUT2D eigenvalue weighted by molar-refractivity contribution is 7.91. The van der Waals surface area contributed by atoms with Gasteiger partial charge in [0.2, 0.25) is 0 Å². The zero-order valence-electron chi connectivity index (χ0n) is 13.3. The molecule has 1 fully saturated rings. The fourth-order valence-electron chi connectivity index (χ4n) is 2.35. The Morgan fingerprint density at radius 3 is 2.62 bits per heavy atom. The van der Waals surface area contributed by atoms with Crippen molar-refractivity contribution in [3.05, 3.63) is 16.5 Å². The second kappa shape index (κ2) is 6.77. The first-order valence-electron chi connectivity index (χ1n) is 7.74. The summed E-state index contributed by atoms with van der Waals surface area (Å²) in [6.45, 7) is 9.19. The lowest BCUT2D eigenvalue weighted by Crippen LogP contribution is -2.37. The Hall–Kier alpha value is -0.430. The van der Waals surface area contributed by atoms with Crippen molar-refractivity contribution >= 4 is 21.4 Å². The largest absolute Gasteiger partial charge is 0.309 e. The molecule has 120 valence electrons. The molecule has 21 heavy (non-hydrogen) atoms. The van der Waals surface area contributed by atoms with E-state index in [0.29, 0.717) is 16.8 Å². The number of nitrogens with one attached hydrogen (secondary N) is 1. The molecule has 1 aromatic heterocycles. The van der Waals surface area contributed by atoms with Crippen LogP contribution >= 0.6 is 11.3 Å². The van der Waals surface area contributed by atoms with Crippen LogP contribution in [0.5, 0.6) is 0 Å². The maximum absolute atomic E-state index is 12.8. The Balaban J connectivity index is 2.20. The summed E-state index contributed by atoms with van der Waals surface area (Å²) >= 11 is 1.42. The lowest BCUT2D eigenvalue weighted by molar-refractivity contribution is 0.343. The van der Waals surface area contributed by atoms with Gasteiger partial charge in [0.1, 0.15) is 4.21 Å². The molecule has 0 amide bonds. The minimum atomic E-state index is -3.36. The average Bonchev–Trinajstić information content (AvgIpc) is 3.19. The molecule has 1 heterocycles. The Labute approximate surface area is 132 Å². The summed E-state index contributed by atoms with van der Waals surface area (Å²) in [4.78, 5) is 1.14. The number of aryl methyl sites for hydroxylation is 1. The summed E-state index contributed by atoms with van der Waals surface area (Å²) in [6.07, 6.45) is 3.31. The molecule has 2 rings (SSSR count). The molecule has 1 atom stereocenters. The zero-order valence-corrected chi connectivity index (χ0v) is 15.0.